The highest BCUT2D eigenvalue weighted by molar-refractivity contribution is 7.16. The molecular weight excluding hydrogens is 360 g/mol. The van der Waals surface area contributed by atoms with Crippen LogP contribution in [0.15, 0.2) is 41.4 Å². The first-order valence-electron chi connectivity index (χ1n) is 7.37. The number of terminal acetylenes is 1. The second kappa shape index (κ2) is 6.28. The molecular formula is C18H11ClN2O3S. The van der Waals surface area contributed by atoms with Gasteiger partial charge < -0.3 is 14.0 Å². The number of rotatable bonds is 2. The number of hydrogen-bond donors (Lipinski definition) is 0. The van der Waals surface area contributed by atoms with E-state index in [9.17, 15) is 4.79 Å². The van der Waals surface area contributed by atoms with Crippen LogP contribution in [0, 0.1) is 12.3 Å². The molecule has 7 heteroatoms. The van der Waals surface area contributed by atoms with Gasteiger partial charge in [0, 0.05) is 22.7 Å². The first kappa shape index (κ1) is 15.8. The van der Waals surface area contributed by atoms with Gasteiger partial charge in [0.05, 0.1) is 16.8 Å². The van der Waals surface area contributed by atoms with E-state index in [1.165, 1.54) is 11.3 Å². The van der Waals surface area contributed by atoms with E-state index in [1.807, 2.05) is 16.7 Å². The molecule has 124 valence electrons. The molecule has 4 rings (SSSR count). The van der Waals surface area contributed by atoms with Crippen molar-refractivity contribution in [2.24, 2.45) is 4.99 Å². The van der Waals surface area contributed by atoms with Crippen molar-refractivity contribution in [1.29, 1.82) is 0 Å². The highest BCUT2D eigenvalue weighted by Crippen LogP contribution is 2.36. The molecule has 0 spiro atoms. The highest BCUT2D eigenvalue weighted by atomic mass is 35.5. The molecule has 0 N–H and O–H groups in total. The minimum Gasteiger partial charge on any atom is -0.454 e. The Morgan fingerprint density at radius 3 is 2.88 bits per heavy atom. The van der Waals surface area contributed by atoms with E-state index in [0.29, 0.717) is 33.4 Å². The van der Waals surface area contributed by atoms with Gasteiger partial charge in [0.2, 0.25) is 6.79 Å². The number of benzene rings is 2. The summed E-state index contributed by atoms with van der Waals surface area (Å²) in [6, 6.07) is 10.4. The number of nitrogens with zero attached hydrogens (tertiary/aromatic N) is 2. The van der Waals surface area contributed by atoms with Crippen molar-refractivity contribution in [3.63, 3.8) is 0 Å². The van der Waals surface area contributed by atoms with E-state index in [4.69, 9.17) is 27.5 Å². The monoisotopic (exact) mass is 370 g/mol. The number of thiazole rings is 1. The quantitative estimate of drug-likeness (QED) is 0.649. The molecule has 0 radical (unpaired) electrons. The number of aromatic nitrogens is 1. The average molecular weight is 371 g/mol. The molecule has 2 aromatic carbocycles. The number of fused-ring (bicyclic) bond motifs is 2. The molecule has 1 amide bonds. The van der Waals surface area contributed by atoms with E-state index < -0.39 is 0 Å². The SMILES string of the molecule is C#CCn1c(=NC(=O)c2cccc(Cl)c2)sc2cc3c(cc21)OCO3. The number of halogens is 1. The lowest BCUT2D eigenvalue weighted by atomic mass is 10.2. The smallest absolute Gasteiger partial charge is 0.279 e. The molecule has 3 aromatic rings. The Bertz CT molecular complexity index is 1110. The molecule has 0 saturated carbocycles. The summed E-state index contributed by atoms with van der Waals surface area (Å²) in [5, 5.41) is 0.486. The van der Waals surface area contributed by atoms with Crippen LogP contribution in [0.5, 0.6) is 11.5 Å². The van der Waals surface area contributed by atoms with Crippen molar-refractivity contribution in [2.45, 2.75) is 6.54 Å². The molecule has 1 aromatic heterocycles. The summed E-state index contributed by atoms with van der Waals surface area (Å²) >= 11 is 7.31. The fourth-order valence-electron chi connectivity index (χ4n) is 2.56. The molecule has 1 aliphatic rings. The Kier molecular flexibility index (Phi) is 3.96. The van der Waals surface area contributed by atoms with Gasteiger partial charge >= 0.3 is 0 Å². The van der Waals surface area contributed by atoms with Gasteiger partial charge in [-0.15, -0.1) is 6.42 Å². The maximum absolute atomic E-state index is 12.5. The van der Waals surface area contributed by atoms with Gasteiger partial charge in [0.25, 0.3) is 5.91 Å². The van der Waals surface area contributed by atoms with Crippen molar-refractivity contribution in [1.82, 2.24) is 4.57 Å². The predicted octanol–water partition coefficient (Wildman–Crippen LogP) is 3.46. The largest absolute Gasteiger partial charge is 0.454 e. The molecule has 0 fully saturated rings. The van der Waals surface area contributed by atoms with Crippen molar-refractivity contribution in [3.05, 3.63) is 51.8 Å². The normalized spacial score (nSPS) is 13.2. The van der Waals surface area contributed by atoms with Crippen molar-refractivity contribution in [2.75, 3.05) is 6.79 Å². The Labute approximate surface area is 152 Å². The molecule has 25 heavy (non-hydrogen) atoms. The van der Waals surface area contributed by atoms with Crippen LogP contribution >= 0.6 is 22.9 Å². The minimum atomic E-state index is -0.375. The lowest BCUT2D eigenvalue weighted by molar-refractivity contribution is 0.0998. The Balaban J connectivity index is 1.87. The van der Waals surface area contributed by atoms with E-state index in [0.717, 1.165) is 10.2 Å². The standard InChI is InChI=1S/C18H11ClN2O3S/c1-2-6-21-13-8-14-15(24-10-23-14)9-16(13)25-18(21)20-17(22)11-4-3-5-12(19)7-11/h1,3-5,7-9H,6,10H2. The Hall–Kier alpha value is -2.75. The fourth-order valence-corrected chi connectivity index (χ4v) is 3.79. The predicted molar refractivity (Wildman–Crippen MR) is 96.1 cm³/mol. The lowest BCUT2D eigenvalue weighted by Crippen LogP contribution is -2.16. The van der Waals surface area contributed by atoms with E-state index in [-0.39, 0.29) is 12.7 Å². The van der Waals surface area contributed by atoms with Gasteiger partial charge in [-0.1, -0.05) is 34.9 Å². The van der Waals surface area contributed by atoms with Crippen LogP contribution in [-0.4, -0.2) is 17.3 Å². The summed E-state index contributed by atoms with van der Waals surface area (Å²) < 4.78 is 13.5. The summed E-state index contributed by atoms with van der Waals surface area (Å²) in [6.07, 6.45) is 5.49. The third-order valence-corrected chi connectivity index (χ3v) is 4.97. The topological polar surface area (TPSA) is 52.8 Å². The zero-order chi connectivity index (χ0) is 17.4. The van der Waals surface area contributed by atoms with Crippen LogP contribution in [0.1, 0.15) is 10.4 Å². The van der Waals surface area contributed by atoms with Crippen molar-refractivity contribution >= 4 is 39.1 Å². The third-order valence-electron chi connectivity index (χ3n) is 3.70. The van der Waals surface area contributed by atoms with Crippen LogP contribution in [0.4, 0.5) is 0 Å². The highest BCUT2D eigenvalue weighted by Gasteiger charge is 2.18. The average Bonchev–Trinajstić information content (AvgIpc) is 3.18. The summed E-state index contributed by atoms with van der Waals surface area (Å²) in [4.78, 5) is 17.2. The number of hydrogen-bond acceptors (Lipinski definition) is 4. The van der Waals surface area contributed by atoms with Gasteiger partial charge in [-0.25, -0.2) is 0 Å². The Morgan fingerprint density at radius 2 is 2.12 bits per heavy atom. The zero-order valence-electron chi connectivity index (χ0n) is 12.9. The zero-order valence-corrected chi connectivity index (χ0v) is 14.4. The van der Waals surface area contributed by atoms with Crippen LogP contribution < -0.4 is 14.3 Å². The van der Waals surface area contributed by atoms with Crippen LogP contribution in [0.2, 0.25) is 5.02 Å². The van der Waals surface area contributed by atoms with Crippen LogP contribution in [0.25, 0.3) is 10.2 Å². The van der Waals surface area contributed by atoms with E-state index >= 15 is 0 Å². The number of amides is 1. The van der Waals surface area contributed by atoms with Gasteiger partial charge in [-0.3, -0.25) is 4.79 Å². The van der Waals surface area contributed by atoms with Gasteiger partial charge in [-0.2, -0.15) is 4.99 Å². The summed E-state index contributed by atoms with van der Waals surface area (Å²) in [5.41, 5.74) is 1.27. The first-order chi connectivity index (χ1) is 12.2. The van der Waals surface area contributed by atoms with Crippen molar-refractivity contribution in [3.8, 4) is 23.8 Å². The second-order valence-corrected chi connectivity index (χ2v) is 6.72. The maximum Gasteiger partial charge on any atom is 0.279 e. The van der Waals surface area contributed by atoms with Gasteiger partial charge in [0.1, 0.15) is 0 Å². The fraction of sp³-hybridized carbons (Fsp3) is 0.111. The molecule has 0 unspecified atom stereocenters. The molecule has 0 saturated heterocycles. The second-order valence-electron chi connectivity index (χ2n) is 5.28. The maximum atomic E-state index is 12.5. The summed E-state index contributed by atoms with van der Waals surface area (Å²) in [6.45, 7) is 0.494. The molecule has 0 aliphatic carbocycles. The molecule has 0 atom stereocenters. The molecule has 1 aliphatic heterocycles. The van der Waals surface area contributed by atoms with E-state index in [2.05, 4.69) is 10.9 Å². The number of ether oxygens (including phenoxy) is 2. The first-order valence-corrected chi connectivity index (χ1v) is 8.56. The molecule has 0 bridgehead atoms. The van der Waals surface area contributed by atoms with Crippen LogP contribution in [-0.2, 0) is 6.54 Å². The summed E-state index contributed by atoms with van der Waals surface area (Å²) in [5.74, 6) is 3.55. The number of carbonyl (C=O) groups excluding carboxylic acids is 1. The lowest BCUT2D eigenvalue weighted by Gasteiger charge is -2.01. The van der Waals surface area contributed by atoms with Crippen LogP contribution in [0.3, 0.4) is 0 Å². The molecule has 2 heterocycles. The third kappa shape index (κ3) is 2.88. The molecule has 5 nitrogen and oxygen atoms in total. The Morgan fingerprint density at radius 1 is 1.32 bits per heavy atom. The minimum absolute atomic E-state index is 0.201. The van der Waals surface area contributed by atoms with Crippen molar-refractivity contribution < 1.29 is 14.3 Å². The number of carbonyl (C=O) groups is 1. The summed E-state index contributed by atoms with van der Waals surface area (Å²) in [7, 11) is 0. The van der Waals surface area contributed by atoms with Gasteiger partial charge in [0.15, 0.2) is 16.3 Å². The van der Waals surface area contributed by atoms with E-state index in [1.54, 1.807) is 24.3 Å². The van der Waals surface area contributed by atoms with Gasteiger partial charge in [-0.05, 0) is 18.2 Å².